The fraction of sp³-hybridized carbons (Fsp3) is 0.643. The van der Waals surface area contributed by atoms with Crippen molar-refractivity contribution < 1.29 is 13.7 Å². The fourth-order valence-electron chi connectivity index (χ4n) is 2.16. The highest BCUT2D eigenvalue weighted by Gasteiger charge is 2.53. The minimum atomic E-state index is -0.663. The second kappa shape index (κ2) is 5.09. The zero-order valence-corrected chi connectivity index (χ0v) is 12.7. The average molecular weight is 280 g/mol. The molecule has 0 spiro atoms. The van der Waals surface area contributed by atoms with Gasteiger partial charge in [0, 0.05) is 6.04 Å². The molecule has 2 heterocycles. The second-order valence-corrected chi connectivity index (χ2v) is 6.45. The molecule has 2 rings (SSSR count). The SMILES string of the molecule is CC(N)Cc1ccc(F)nc1B1OC(C)(C)C(C)(C)O1. The lowest BCUT2D eigenvalue weighted by Crippen LogP contribution is -2.41. The molecule has 1 aromatic rings. The van der Waals surface area contributed by atoms with Gasteiger partial charge in [-0.1, -0.05) is 6.07 Å². The third-order valence-corrected chi connectivity index (χ3v) is 4.00. The maximum Gasteiger partial charge on any atom is 0.514 e. The van der Waals surface area contributed by atoms with Gasteiger partial charge in [-0.15, -0.1) is 0 Å². The van der Waals surface area contributed by atoms with E-state index in [0.29, 0.717) is 12.0 Å². The van der Waals surface area contributed by atoms with E-state index >= 15 is 0 Å². The van der Waals surface area contributed by atoms with E-state index in [1.165, 1.54) is 6.07 Å². The monoisotopic (exact) mass is 280 g/mol. The molecule has 1 aliphatic rings. The van der Waals surface area contributed by atoms with E-state index in [1.807, 2.05) is 34.6 Å². The van der Waals surface area contributed by atoms with Gasteiger partial charge in [0.15, 0.2) is 0 Å². The molecule has 110 valence electrons. The molecule has 1 fully saturated rings. The summed E-state index contributed by atoms with van der Waals surface area (Å²) in [7, 11) is -0.663. The number of nitrogens with two attached hydrogens (primary N) is 1. The summed E-state index contributed by atoms with van der Waals surface area (Å²) < 4.78 is 25.3. The predicted octanol–water partition coefficient (Wildman–Crippen LogP) is 1.41. The van der Waals surface area contributed by atoms with Gasteiger partial charge in [0.25, 0.3) is 0 Å². The van der Waals surface area contributed by atoms with E-state index in [4.69, 9.17) is 15.0 Å². The average Bonchev–Trinajstić information content (AvgIpc) is 2.50. The van der Waals surface area contributed by atoms with Gasteiger partial charge in [-0.05, 0) is 52.7 Å². The van der Waals surface area contributed by atoms with Crippen molar-refractivity contribution in [3.63, 3.8) is 0 Å². The second-order valence-electron chi connectivity index (χ2n) is 6.45. The Hall–Kier alpha value is -0.975. The Morgan fingerprint density at radius 3 is 2.30 bits per heavy atom. The lowest BCUT2D eigenvalue weighted by atomic mass is 9.79. The third kappa shape index (κ3) is 2.87. The van der Waals surface area contributed by atoms with Crippen LogP contribution in [-0.2, 0) is 15.7 Å². The summed E-state index contributed by atoms with van der Waals surface area (Å²) in [5.41, 5.74) is 6.23. The molecule has 1 aliphatic heterocycles. The lowest BCUT2D eigenvalue weighted by molar-refractivity contribution is 0.00578. The molecule has 4 nitrogen and oxygen atoms in total. The van der Waals surface area contributed by atoms with E-state index in [1.54, 1.807) is 6.07 Å². The van der Waals surface area contributed by atoms with Crippen molar-refractivity contribution in [3.8, 4) is 0 Å². The van der Waals surface area contributed by atoms with Crippen LogP contribution in [0.15, 0.2) is 12.1 Å². The molecule has 1 unspecified atom stereocenters. The Kier molecular flexibility index (Phi) is 3.93. The summed E-state index contributed by atoms with van der Waals surface area (Å²) in [5.74, 6) is -0.539. The Bertz CT molecular complexity index is 490. The van der Waals surface area contributed by atoms with Crippen molar-refractivity contribution >= 4 is 12.7 Å². The molecule has 0 aliphatic carbocycles. The van der Waals surface area contributed by atoms with Crippen molar-refractivity contribution in [1.82, 2.24) is 4.98 Å². The topological polar surface area (TPSA) is 57.4 Å². The highest BCUT2D eigenvalue weighted by Crippen LogP contribution is 2.36. The number of hydrogen-bond acceptors (Lipinski definition) is 4. The largest absolute Gasteiger partial charge is 0.514 e. The quantitative estimate of drug-likeness (QED) is 0.672. The summed E-state index contributed by atoms with van der Waals surface area (Å²) in [4.78, 5) is 3.97. The molecule has 1 saturated heterocycles. The maximum atomic E-state index is 13.5. The summed E-state index contributed by atoms with van der Waals surface area (Å²) in [5, 5.41) is 0. The van der Waals surface area contributed by atoms with E-state index in [-0.39, 0.29) is 6.04 Å². The van der Waals surface area contributed by atoms with E-state index < -0.39 is 24.3 Å². The zero-order chi connectivity index (χ0) is 15.1. The number of hydrogen-bond donors (Lipinski definition) is 1. The van der Waals surface area contributed by atoms with Gasteiger partial charge in [0.05, 0.1) is 16.8 Å². The van der Waals surface area contributed by atoms with Crippen LogP contribution in [0.2, 0.25) is 0 Å². The first-order valence-electron chi connectivity index (χ1n) is 6.89. The first kappa shape index (κ1) is 15.4. The van der Waals surface area contributed by atoms with Crippen LogP contribution in [0, 0.1) is 5.95 Å². The van der Waals surface area contributed by atoms with Gasteiger partial charge < -0.3 is 15.0 Å². The van der Waals surface area contributed by atoms with Gasteiger partial charge in [-0.25, -0.2) is 4.98 Å². The van der Waals surface area contributed by atoms with Crippen molar-refractivity contribution in [3.05, 3.63) is 23.6 Å². The molecule has 1 aromatic heterocycles. The number of halogens is 1. The molecule has 0 bridgehead atoms. The van der Waals surface area contributed by atoms with E-state index in [2.05, 4.69) is 4.98 Å². The van der Waals surface area contributed by atoms with E-state index in [9.17, 15) is 4.39 Å². The molecule has 20 heavy (non-hydrogen) atoms. The molecule has 2 N–H and O–H groups in total. The van der Waals surface area contributed by atoms with Crippen LogP contribution in [0.1, 0.15) is 40.2 Å². The lowest BCUT2D eigenvalue weighted by Gasteiger charge is -2.32. The third-order valence-electron chi connectivity index (χ3n) is 4.00. The van der Waals surface area contributed by atoms with Gasteiger partial charge >= 0.3 is 7.12 Å². The molecule has 0 amide bonds. The van der Waals surface area contributed by atoms with Crippen LogP contribution in [0.25, 0.3) is 0 Å². The molecule has 0 aromatic carbocycles. The Balaban J connectivity index is 2.36. The first-order valence-corrected chi connectivity index (χ1v) is 6.89. The van der Waals surface area contributed by atoms with Crippen molar-refractivity contribution in [1.29, 1.82) is 0 Å². The van der Waals surface area contributed by atoms with Crippen molar-refractivity contribution in [2.24, 2.45) is 5.73 Å². The Morgan fingerprint density at radius 1 is 1.25 bits per heavy atom. The first-order chi connectivity index (χ1) is 9.12. The van der Waals surface area contributed by atoms with Crippen LogP contribution in [0.4, 0.5) is 4.39 Å². The van der Waals surface area contributed by atoms with Crippen LogP contribution in [0.3, 0.4) is 0 Å². The molecular formula is C14H22BFN2O2. The Morgan fingerprint density at radius 2 is 1.80 bits per heavy atom. The number of rotatable bonds is 3. The standard InChI is InChI=1S/C14H22BFN2O2/c1-9(17)8-10-6-7-11(16)18-12(10)15-19-13(2,3)14(4,5)20-15/h6-7,9H,8,17H2,1-5H3. The van der Waals surface area contributed by atoms with Crippen LogP contribution in [-0.4, -0.2) is 29.3 Å². The molecular weight excluding hydrogens is 258 g/mol. The van der Waals surface area contributed by atoms with Crippen LogP contribution in [0.5, 0.6) is 0 Å². The summed E-state index contributed by atoms with van der Waals surface area (Å²) in [6.07, 6.45) is 0.604. The molecule has 0 radical (unpaired) electrons. The highest BCUT2D eigenvalue weighted by atomic mass is 19.1. The minimum Gasteiger partial charge on any atom is -0.398 e. The summed E-state index contributed by atoms with van der Waals surface area (Å²) in [6, 6.07) is 3.00. The summed E-state index contributed by atoms with van der Waals surface area (Å²) in [6.45, 7) is 9.72. The van der Waals surface area contributed by atoms with Gasteiger partial charge in [-0.3, -0.25) is 0 Å². The van der Waals surface area contributed by atoms with E-state index in [0.717, 1.165) is 5.56 Å². The predicted molar refractivity (Wildman–Crippen MR) is 77.3 cm³/mol. The fourth-order valence-corrected chi connectivity index (χ4v) is 2.16. The summed E-state index contributed by atoms with van der Waals surface area (Å²) >= 11 is 0. The Labute approximate surface area is 120 Å². The molecule has 1 atom stereocenters. The zero-order valence-electron chi connectivity index (χ0n) is 12.7. The highest BCUT2D eigenvalue weighted by molar-refractivity contribution is 6.61. The molecule has 0 saturated carbocycles. The van der Waals surface area contributed by atoms with Crippen molar-refractivity contribution in [2.75, 3.05) is 0 Å². The van der Waals surface area contributed by atoms with Gasteiger partial charge in [0.2, 0.25) is 5.95 Å². The maximum absolute atomic E-state index is 13.5. The molecule has 6 heteroatoms. The number of aromatic nitrogens is 1. The number of pyridine rings is 1. The smallest absolute Gasteiger partial charge is 0.398 e. The normalized spacial score (nSPS) is 22.1. The van der Waals surface area contributed by atoms with Crippen LogP contribution < -0.4 is 11.3 Å². The van der Waals surface area contributed by atoms with Crippen LogP contribution >= 0.6 is 0 Å². The number of nitrogens with zero attached hydrogens (tertiary/aromatic N) is 1. The van der Waals surface area contributed by atoms with Crippen molar-refractivity contribution in [2.45, 2.75) is 58.3 Å². The minimum absolute atomic E-state index is 0.0385. The van der Waals surface area contributed by atoms with Gasteiger partial charge in [-0.2, -0.15) is 4.39 Å². The van der Waals surface area contributed by atoms with Gasteiger partial charge in [0.1, 0.15) is 0 Å².